The first-order chi connectivity index (χ1) is 12.5. The van der Waals surface area contributed by atoms with Crippen LogP contribution in [-0.4, -0.2) is 32.5 Å². The number of halogens is 4. The summed E-state index contributed by atoms with van der Waals surface area (Å²) in [4.78, 5) is 14.4. The Morgan fingerprint density at radius 2 is 2.08 bits per heavy atom. The van der Waals surface area contributed by atoms with Crippen LogP contribution in [0.15, 0.2) is 30.5 Å². The number of hydrogen-bond acceptors (Lipinski definition) is 2. The summed E-state index contributed by atoms with van der Waals surface area (Å²) in [6.45, 7) is -0.762. The number of aromatic nitrogens is 2. The van der Waals surface area contributed by atoms with E-state index in [2.05, 4.69) is 5.10 Å². The minimum absolute atomic E-state index is 0.000215. The summed E-state index contributed by atoms with van der Waals surface area (Å²) < 4.78 is 40.0. The van der Waals surface area contributed by atoms with Gasteiger partial charge in [-0.25, -0.2) is 17.9 Å². The van der Waals surface area contributed by atoms with Crippen molar-refractivity contribution in [3.8, 4) is 0 Å². The second-order valence-electron chi connectivity index (χ2n) is 6.32. The summed E-state index contributed by atoms with van der Waals surface area (Å²) in [5.41, 5.74) is 1.04. The van der Waals surface area contributed by atoms with Crippen LogP contribution in [0.5, 0.6) is 0 Å². The molecule has 1 aliphatic carbocycles. The fourth-order valence-corrected chi connectivity index (χ4v) is 3.12. The SMILES string of the molecule is O=C(c1nn(CF)cc1C(F)F)N(Cc1cccc(CCCl)c1)C1CC1. The molecule has 0 bridgehead atoms. The van der Waals surface area contributed by atoms with Crippen LogP contribution in [0.4, 0.5) is 13.2 Å². The smallest absolute Gasteiger partial charge is 0.275 e. The quantitative estimate of drug-likeness (QED) is 0.634. The molecule has 1 heterocycles. The van der Waals surface area contributed by atoms with Crippen molar-refractivity contribution in [1.82, 2.24) is 14.7 Å². The predicted molar refractivity (Wildman–Crippen MR) is 92.1 cm³/mol. The minimum Gasteiger partial charge on any atom is -0.330 e. The number of amides is 1. The van der Waals surface area contributed by atoms with E-state index in [9.17, 15) is 18.0 Å². The second kappa shape index (κ2) is 8.12. The first kappa shape index (κ1) is 18.8. The molecule has 1 aromatic carbocycles. The van der Waals surface area contributed by atoms with Gasteiger partial charge in [0.1, 0.15) is 0 Å². The highest BCUT2D eigenvalue weighted by atomic mass is 35.5. The lowest BCUT2D eigenvalue weighted by molar-refractivity contribution is 0.0711. The molecule has 4 nitrogen and oxygen atoms in total. The average Bonchev–Trinajstić information content (AvgIpc) is 3.37. The van der Waals surface area contributed by atoms with Crippen LogP contribution < -0.4 is 0 Å². The Kier molecular flexibility index (Phi) is 5.86. The van der Waals surface area contributed by atoms with E-state index in [1.54, 1.807) is 4.90 Å². The van der Waals surface area contributed by atoms with E-state index in [0.29, 0.717) is 18.8 Å². The molecule has 0 aliphatic heterocycles. The number of nitrogens with zero attached hydrogens (tertiary/aromatic N) is 3. The maximum absolute atomic E-state index is 13.2. The molecular weight excluding hydrogens is 367 g/mol. The van der Waals surface area contributed by atoms with E-state index in [4.69, 9.17) is 11.6 Å². The Morgan fingerprint density at radius 1 is 1.35 bits per heavy atom. The van der Waals surface area contributed by atoms with Crippen molar-refractivity contribution in [3.05, 3.63) is 52.8 Å². The highest BCUT2D eigenvalue weighted by Gasteiger charge is 2.36. The summed E-state index contributed by atoms with van der Waals surface area (Å²) in [5, 5.41) is 3.72. The molecule has 2 aromatic rings. The molecular formula is C18H19ClF3N3O. The van der Waals surface area contributed by atoms with Gasteiger partial charge >= 0.3 is 0 Å². The highest BCUT2D eigenvalue weighted by molar-refractivity contribution is 6.17. The van der Waals surface area contributed by atoms with Gasteiger partial charge in [0.05, 0.1) is 5.56 Å². The van der Waals surface area contributed by atoms with Gasteiger partial charge in [-0.15, -0.1) is 11.6 Å². The predicted octanol–water partition coefficient (Wildman–Crippen LogP) is 4.33. The van der Waals surface area contributed by atoms with E-state index < -0.39 is 24.7 Å². The highest BCUT2D eigenvalue weighted by Crippen LogP contribution is 2.32. The standard InChI is InChI=1S/C18H19ClF3N3O/c19-7-6-12-2-1-3-13(8-12)9-25(14-4-5-14)18(26)16-15(17(21)22)10-24(11-20)23-16/h1-3,8,10,14,17H,4-7,9,11H2. The van der Waals surface area contributed by atoms with E-state index in [0.717, 1.165) is 34.8 Å². The van der Waals surface area contributed by atoms with Crippen molar-refractivity contribution < 1.29 is 18.0 Å². The molecule has 8 heteroatoms. The van der Waals surface area contributed by atoms with Crippen LogP contribution in [0.2, 0.25) is 0 Å². The van der Waals surface area contributed by atoms with Gasteiger partial charge in [0.15, 0.2) is 12.5 Å². The maximum Gasteiger partial charge on any atom is 0.275 e. The third-order valence-electron chi connectivity index (χ3n) is 4.33. The van der Waals surface area contributed by atoms with Crippen LogP contribution in [0, 0.1) is 0 Å². The fraction of sp³-hybridized carbons (Fsp3) is 0.444. The second-order valence-corrected chi connectivity index (χ2v) is 6.69. The topological polar surface area (TPSA) is 38.1 Å². The largest absolute Gasteiger partial charge is 0.330 e. The molecule has 0 saturated heterocycles. The molecule has 0 atom stereocenters. The lowest BCUT2D eigenvalue weighted by Crippen LogP contribution is -2.33. The minimum atomic E-state index is -2.89. The first-order valence-electron chi connectivity index (χ1n) is 8.39. The molecule has 0 N–H and O–H groups in total. The molecule has 0 unspecified atom stereocenters. The summed E-state index contributed by atoms with van der Waals surface area (Å²) >= 11 is 5.77. The van der Waals surface area contributed by atoms with Crippen LogP contribution in [-0.2, 0) is 19.8 Å². The van der Waals surface area contributed by atoms with Crippen molar-refractivity contribution in [1.29, 1.82) is 0 Å². The van der Waals surface area contributed by atoms with Gasteiger partial charge in [-0.05, 0) is 30.4 Å². The summed E-state index contributed by atoms with van der Waals surface area (Å²) in [6, 6.07) is 7.68. The van der Waals surface area contributed by atoms with Crippen molar-refractivity contribution in [3.63, 3.8) is 0 Å². The summed E-state index contributed by atoms with van der Waals surface area (Å²) in [6.07, 6.45) is 0.358. The van der Waals surface area contributed by atoms with Crippen LogP contribution in [0.3, 0.4) is 0 Å². The molecule has 1 fully saturated rings. The zero-order chi connectivity index (χ0) is 18.7. The Hall–Kier alpha value is -2.02. The lowest BCUT2D eigenvalue weighted by Gasteiger charge is -2.22. The van der Waals surface area contributed by atoms with Crippen LogP contribution in [0.25, 0.3) is 0 Å². The van der Waals surface area contributed by atoms with Crippen molar-refractivity contribution in [2.75, 3.05) is 5.88 Å². The van der Waals surface area contributed by atoms with Crippen molar-refractivity contribution >= 4 is 17.5 Å². The van der Waals surface area contributed by atoms with Gasteiger partial charge in [-0.3, -0.25) is 4.79 Å². The monoisotopic (exact) mass is 385 g/mol. The van der Waals surface area contributed by atoms with Gasteiger partial charge in [0.2, 0.25) is 0 Å². The molecule has 1 amide bonds. The maximum atomic E-state index is 13.2. The molecule has 1 aromatic heterocycles. The van der Waals surface area contributed by atoms with E-state index in [1.165, 1.54) is 0 Å². The summed E-state index contributed by atoms with van der Waals surface area (Å²) in [5.74, 6) is -0.0922. The number of aryl methyl sites for hydroxylation is 1. The number of carbonyl (C=O) groups excluding carboxylic acids is 1. The van der Waals surface area contributed by atoms with E-state index >= 15 is 0 Å². The number of carbonyl (C=O) groups is 1. The average molecular weight is 386 g/mol. The number of alkyl halides is 4. The zero-order valence-corrected chi connectivity index (χ0v) is 14.8. The van der Waals surface area contributed by atoms with Crippen molar-refractivity contribution in [2.45, 2.75) is 45.1 Å². The molecule has 3 rings (SSSR count). The number of hydrogen-bond donors (Lipinski definition) is 0. The van der Waals surface area contributed by atoms with Gasteiger partial charge in [-0.1, -0.05) is 24.3 Å². The van der Waals surface area contributed by atoms with Gasteiger partial charge in [0, 0.05) is 24.7 Å². The third-order valence-corrected chi connectivity index (χ3v) is 4.52. The molecule has 0 spiro atoms. The molecule has 26 heavy (non-hydrogen) atoms. The normalized spacial score (nSPS) is 14.0. The molecule has 0 radical (unpaired) electrons. The van der Waals surface area contributed by atoms with Gasteiger partial charge in [-0.2, -0.15) is 5.10 Å². The molecule has 1 saturated carbocycles. The lowest BCUT2D eigenvalue weighted by atomic mass is 10.1. The third kappa shape index (κ3) is 4.20. The number of rotatable bonds is 8. The molecule has 1 aliphatic rings. The molecule has 140 valence electrons. The Morgan fingerprint density at radius 3 is 2.69 bits per heavy atom. The van der Waals surface area contributed by atoms with E-state index in [-0.39, 0.29) is 11.7 Å². The summed E-state index contributed by atoms with van der Waals surface area (Å²) in [7, 11) is 0. The fourth-order valence-electron chi connectivity index (χ4n) is 2.90. The van der Waals surface area contributed by atoms with E-state index in [1.807, 2.05) is 24.3 Å². The Balaban J connectivity index is 1.85. The number of benzene rings is 1. The Labute approximate surface area is 154 Å². The Bertz CT molecular complexity index is 777. The zero-order valence-electron chi connectivity index (χ0n) is 14.0. The van der Waals surface area contributed by atoms with Crippen molar-refractivity contribution in [2.24, 2.45) is 0 Å². The van der Waals surface area contributed by atoms with Gasteiger partial charge < -0.3 is 4.90 Å². The first-order valence-corrected chi connectivity index (χ1v) is 8.93. The van der Waals surface area contributed by atoms with Gasteiger partial charge in [0.25, 0.3) is 12.3 Å². The van der Waals surface area contributed by atoms with Crippen LogP contribution >= 0.6 is 11.6 Å². The van der Waals surface area contributed by atoms with Crippen LogP contribution in [0.1, 0.15) is 46.4 Å².